The van der Waals surface area contributed by atoms with Crippen LogP contribution in [0.2, 0.25) is 0 Å². The fourth-order valence-electron chi connectivity index (χ4n) is 2.54. The van der Waals surface area contributed by atoms with Gasteiger partial charge in [-0.3, -0.25) is 0 Å². The number of rotatable bonds is 5. The average molecular weight is 337 g/mol. The molecule has 8 heteroatoms. The second-order valence-corrected chi connectivity index (χ2v) is 5.64. The van der Waals surface area contributed by atoms with Gasteiger partial charge in [0.05, 0.1) is 11.4 Å². The molecule has 1 N–H and O–H groups in total. The molecule has 25 heavy (non-hydrogen) atoms. The highest BCUT2D eigenvalue weighted by atomic mass is 19.1. The van der Waals surface area contributed by atoms with Gasteiger partial charge in [0.15, 0.2) is 11.5 Å². The van der Waals surface area contributed by atoms with Gasteiger partial charge < -0.3 is 5.32 Å². The summed E-state index contributed by atoms with van der Waals surface area (Å²) in [5.74, 6) is 1.25. The number of halogens is 1. The van der Waals surface area contributed by atoms with Crippen molar-refractivity contribution in [2.45, 2.75) is 13.3 Å². The summed E-state index contributed by atoms with van der Waals surface area (Å²) in [5, 5.41) is 20.2. The Balaban J connectivity index is 1.39. The molecule has 7 nitrogen and oxygen atoms in total. The van der Waals surface area contributed by atoms with E-state index in [9.17, 15) is 4.39 Å². The van der Waals surface area contributed by atoms with Gasteiger partial charge in [0.25, 0.3) is 0 Å². The van der Waals surface area contributed by atoms with E-state index in [4.69, 9.17) is 0 Å². The highest BCUT2D eigenvalue weighted by Gasteiger charge is 2.05. The molecule has 0 saturated carbocycles. The number of hydrogen-bond acceptors (Lipinski definition) is 5. The first-order valence-corrected chi connectivity index (χ1v) is 7.92. The van der Waals surface area contributed by atoms with Crippen molar-refractivity contribution in [1.82, 2.24) is 29.6 Å². The zero-order valence-corrected chi connectivity index (χ0v) is 13.6. The Hall–Kier alpha value is -3.29. The second kappa shape index (κ2) is 6.31. The van der Waals surface area contributed by atoms with Crippen LogP contribution in [0.3, 0.4) is 0 Å². The Labute approximate surface area is 143 Å². The van der Waals surface area contributed by atoms with Crippen molar-refractivity contribution in [1.29, 1.82) is 0 Å². The summed E-state index contributed by atoms with van der Waals surface area (Å²) in [6.07, 6.45) is 2.61. The van der Waals surface area contributed by atoms with Crippen molar-refractivity contribution in [2.75, 3.05) is 11.9 Å². The fourth-order valence-corrected chi connectivity index (χ4v) is 2.54. The van der Waals surface area contributed by atoms with E-state index in [0.717, 1.165) is 35.1 Å². The smallest absolute Gasteiger partial charge is 0.178 e. The van der Waals surface area contributed by atoms with E-state index in [-0.39, 0.29) is 5.82 Å². The largest absolute Gasteiger partial charge is 0.368 e. The summed E-state index contributed by atoms with van der Waals surface area (Å²) in [5.41, 5.74) is 2.50. The minimum Gasteiger partial charge on any atom is -0.368 e. The third-order valence-electron chi connectivity index (χ3n) is 3.84. The van der Waals surface area contributed by atoms with Gasteiger partial charge in [-0.05, 0) is 49.4 Å². The highest BCUT2D eigenvalue weighted by molar-refractivity contribution is 5.43. The normalized spacial score (nSPS) is 11.1. The molecule has 0 atom stereocenters. The van der Waals surface area contributed by atoms with E-state index < -0.39 is 0 Å². The summed E-state index contributed by atoms with van der Waals surface area (Å²) in [4.78, 5) is 0. The standard InChI is InChI=1S/C17H16FN7/c1-12-20-21-17-7-6-16(23-25(12)17)19-10-8-14-9-11-24(22-14)15-4-2-13(18)3-5-15/h2-7,9,11H,8,10H2,1H3,(H,19,23). The summed E-state index contributed by atoms with van der Waals surface area (Å²) < 4.78 is 16.4. The Morgan fingerprint density at radius 3 is 2.68 bits per heavy atom. The molecule has 126 valence electrons. The first-order chi connectivity index (χ1) is 12.2. The maximum Gasteiger partial charge on any atom is 0.178 e. The first-order valence-electron chi connectivity index (χ1n) is 7.92. The van der Waals surface area contributed by atoms with E-state index in [1.165, 1.54) is 12.1 Å². The molecule has 4 aromatic rings. The van der Waals surface area contributed by atoms with Gasteiger partial charge in [0.2, 0.25) is 0 Å². The summed E-state index contributed by atoms with van der Waals surface area (Å²) >= 11 is 0. The molecule has 0 unspecified atom stereocenters. The van der Waals surface area contributed by atoms with Crippen LogP contribution in [0, 0.1) is 12.7 Å². The Morgan fingerprint density at radius 2 is 1.84 bits per heavy atom. The molecular weight excluding hydrogens is 321 g/mol. The van der Waals surface area contributed by atoms with Gasteiger partial charge in [-0.2, -0.15) is 9.61 Å². The zero-order chi connectivity index (χ0) is 17.2. The number of nitrogens with one attached hydrogen (secondary N) is 1. The van der Waals surface area contributed by atoms with E-state index in [2.05, 4.69) is 25.7 Å². The van der Waals surface area contributed by atoms with Crippen LogP contribution in [0.15, 0.2) is 48.7 Å². The van der Waals surface area contributed by atoms with Crippen molar-refractivity contribution in [2.24, 2.45) is 0 Å². The molecule has 4 rings (SSSR count). The number of anilines is 1. The van der Waals surface area contributed by atoms with Crippen molar-refractivity contribution >= 4 is 11.5 Å². The van der Waals surface area contributed by atoms with E-state index in [1.807, 2.05) is 31.3 Å². The van der Waals surface area contributed by atoms with Gasteiger partial charge >= 0.3 is 0 Å². The molecule has 0 spiro atoms. The molecule has 1 aromatic carbocycles. The van der Waals surface area contributed by atoms with E-state index in [0.29, 0.717) is 6.54 Å². The lowest BCUT2D eigenvalue weighted by atomic mass is 10.3. The van der Waals surface area contributed by atoms with Crippen LogP contribution in [0.1, 0.15) is 11.5 Å². The molecule has 0 amide bonds. The molecule has 0 saturated heterocycles. The van der Waals surface area contributed by atoms with Crippen molar-refractivity contribution in [3.63, 3.8) is 0 Å². The monoisotopic (exact) mass is 337 g/mol. The molecule has 0 bridgehead atoms. The maximum atomic E-state index is 13.0. The van der Waals surface area contributed by atoms with Crippen molar-refractivity contribution < 1.29 is 4.39 Å². The second-order valence-electron chi connectivity index (χ2n) is 5.64. The van der Waals surface area contributed by atoms with Crippen LogP contribution in [0.4, 0.5) is 10.2 Å². The van der Waals surface area contributed by atoms with Gasteiger partial charge in [-0.1, -0.05) is 0 Å². The number of nitrogens with zero attached hydrogens (tertiary/aromatic N) is 6. The van der Waals surface area contributed by atoms with E-state index >= 15 is 0 Å². The number of benzene rings is 1. The average Bonchev–Trinajstić information content (AvgIpc) is 3.23. The van der Waals surface area contributed by atoms with Gasteiger partial charge in [-0.25, -0.2) is 9.07 Å². The topological polar surface area (TPSA) is 72.9 Å². The third-order valence-corrected chi connectivity index (χ3v) is 3.84. The number of aryl methyl sites for hydroxylation is 1. The predicted octanol–water partition coefficient (Wildman–Crippen LogP) is 2.41. The molecule has 3 aromatic heterocycles. The lowest BCUT2D eigenvalue weighted by Crippen LogP contribution is -2.09. The Kier molecular flexibility index (Phi) is 3.85. The zero-order valence-electron chi connectivity index (χ0n) is 13.6. The minimum absolute atomic E-state index is 0.256. The van der Waals surface area contributed by atoms with Gasteiger partial charge in [0.1, 0.15) is 11.6 Å². The molecular formula is C17H16FN7. The molecule has 0 radical (unpaired) electrons. The third kappa shape index (κ3) is 3.18. The van der Waals surface area contributed by atoms with Gasteiger partial charge in [-0.15, -0.1) is 15.3 Å². The Morgan fingerprint density at radius 1 is 1.00 bits per heavy atom. The molecule has 0 fully saturated rings. The highest BCUT2D eigenvalue weighted by Crippen LogP contribution is 2.10. The molecule has 0 aliphatic carbocycles. The van der Waals surface area contributed by atoms with E-state index in [1.54, 1.807) is 21.3 Å². The molecule has 3 heterocycles. The number of aromatic nitrogens is 6. The lowest BCUT2D eigenvalue weighted by Gasteiger charge is -2.05. The van der Waals surface area contributed by atoms with Crippen LogP contribution >= 0.6 is 0 Å². The molecule has 0 aliphatic rings. The predicted molar refractivity (Wildman–Crippen MR) is 91.2 cm³/mol. The lowest BCUT2D eigenvalue weighted by molar-refractivity contribution is 0.627. The Bertz CT molecular complexity index is 1000. The first kappa shape index (κ1) is 15.3. The van der Waals surface area contributed by atoms with Crippen molar-refractivity contribution in [3.8, 4) is 5.69 Å². The quantitative estimate of drug-likeness (QED) is 0.605. The number of hydrogen-bond donors (Lipinski definition) is 1. The maximum absolute atomic E-state index is 13.0. The fraction of sp³-hybridized carbons (Fsp3) is 0.176. The van der Waals surface area contributed by atoms with Crippen LogP contribution < -0.4 is 5.32 Å². The van der Waals surface area contributed by atoms with Crippen LogP contribution in [-0.2, 0) is 6.42 Å². The number of fused-ring (bicyclic) bond motifs is 1. The SMILES string of the molecule is Cc1nnc2ccc(NCCc3ccn(-c4ccc(F)cc4)n3)nn12. The van der Waals surface area contributed by atoms with Gasteiger partial charge in [0, 0.05) is 19.2 Å². The van der Waals surface area contributed by atoms with Crippen LogP contribution in [0.5, 0.6) is 0 Å². The van der Waals surface area contributed by atoms with Crippen molar-refractivity contribution in [3.05, 3.63) is 66.0 Å². The molecule has 0 aliphatic heterocycles. The summed E-state index contributed by atoms with van der Waals surface area (Å²) in [7, 11) is 0. The van der Waals surface area contributed by atoms with Crippen LogP contribution in [-0.4, -0.2) is 36.1 Å². The summed E-state index contributed by atoms with van der Waals surface area (Å²) in [6, 6.07) is 11.9. The van der Waals surface area contributed by atoms with Crippen LogP contribution in [0.25, 0.3) is 11.3 Å². The minimum atomic E-state index is -0.256. The summed E-state index contributed by atoms with van der Waals surface area (Å²) in [6.45, 7) is 2.55.